The Kier molecular flexibility index (Phi) is 1.86. The number of nitrogen functional groups attached to an aromatic ring is 2. The number of nitrogens with two attached hydrogens (primary N) is 2. The zero-order valence-electron chi connectivity index (χ0n) is 9.01. The molecule has 1 heterocycles. The largest absolute Gasteiger partial charge is 0.507 e. The number of benzene rings is 2. The summed E-state index contributed by atoms with van der Waals surface area (Å²) in [6.45, 7) is 0. The molecular formula is C13H11N3O. The number of nitrogens with zero attached hydrogens (tertiary/aromatic N) is 1. The summed E-state index contributed by atoms with van der Waals surface area (Å²) in [5.41, 5.74) is 13.2. The molecule has 17 heavy (non-hydrogen) atoms. The Bertz CT molecular complexity index is 737. The number of rotatable bonds is 0. The van der Waals surface area contributed by atoms with Crippen LogP contribution in [0.5, 0.6) is 5.75 Å². The molecule has 0 aliphatic carbocycles. The minimum Gasteiger partial charge on any atom is -0.507 e. The lowest BCUT2D eigenvalue weighted by molar-refractivity contribution is 0.482. The SMILES string of the molecule is Nc1ccc2c(cnc3cc(N)cc(O)c32)c1. The second-order valence-corrected chi connectivity index (χ2v) is 4.04. The average Bonchev–Trinajstić information content (AvgIpc) is 2.28. The van der Waals surface area contributed by atoms with E-state index in [2.05, 4.69) is 4.98 Å². The Morgan fingerprint density at radius 3 is 2.65 bits per heavy atom. The number of aromatic hydroxyl groups is 1. The zero-order chi connectivity index (χ0) is 12.0. The topological polar surface area (TPSA) is 85.2 Å². The molecule has 0 aliphatic rings. The number of anilines is 2. The van der Waals surface area contributed by atoms with Crippen LogP contribution in [0.15, 0.2) is 36.5 Å². The van der Waals surface area contributed by atoms with Gasteiger partial charge >= 0.3 is 0 Å². The summed E-state index contributed by atoms with van der Waals surface area (Å²) in [6.07, 6.45) is 1.73. The standard InChI is InChI=1S/C13H11N3O/c14-8-1-2-10-7(3-8)6-16-11-4-9(15)5-12(17)13(10)11/h1-6,17H,14-15H2. The van der Waals surface area contributed by atoms with Gasteiger partial charge in [0.15, 0.2) is 0 Å². The van der Waals surface area contributed by atoms with Crippen molar-refractivity contribution in [1.29, 1.82) is 0 Å². The van der Waals surface area contributed by atoms with Gasteiger partial charge in [0.05, 0.1) is 5.52 Å². The Morgan fingerprint density at radius 2 is 1.82 bits per heavy atom. The predicted molar refractivity (Wildman–Crippen MR) is 69.7 cm³/mol. The van der Waals surface area contributed by atoms with Gasteiger partial charge in [-0.1, -0.05) is 6.07 Å². The number of hydrogen-bond acceptors (Lipinski definition) is 4. The van der Waals surface area contributed by atoms with E-state index in [1.165, 1.54) is 6.07 Å². The van der Waals surface area contributed by atoms with Crippen LogP contribution >= 0.6 is 0 Å². The van der Waals surface area contributed by atoms with Crippen LogP contribution in [0, 0.1) is 0 Å². The third-order valence-electron chi connectivity index (χ3n) is 2.81. The van der Waals surface area contributed by atoms with Crippen LogP contribution in [0.1, 0.15) is 0 Å². The quantitative estimate of drug-likeness (QED) is 0.404. The lowest BCUT2D eigenvalue weighted by Crippen LogP contribution is -1.89. The molecule has 0 aliphatic heterocycles. The van der Waals surface area contributed by atoms with E-state index < -0.39 is 0 Å². The van der Waals surface area contributed by atoms with Crippen LogP contribution in [-0.4, -0.2) is 10.1 Å². The van der Waals surface area contributed by atoms with Crippen LogP contribution in [-0.2, 0) is 0 Å². The highest BCUT2D eigenvalue weighted by molar-refractivity contribution is 6.09. The van der Waals surface area contributed by atoms with Gasteiger partial charge in [-0.05, 0) is 23.6 Å². The average molecular weight is 225 g/mol. The first-order valence-corrected chi connectivity index (χ1v) is 5.21. The van der Waals surface area contributed by atoms with Crippen molar-refractivity contribution in [2.75, 3.05) is 11.5 Å². The maximum absolute atomic E-state index is 9.97. The van der Waals surface area contributed by atoms with Crippen molar-refractivity contribution in [3.63, 3.8) is 0 Å². The smallest absolute Gasteiger partial charge is 0.127 e. The number of pyridine rings is 1. The molecule has 0 unspecified atom stereocenters. The highest BCUT2D eigenvalue weighted by Gasteiger charge is 2.07. The van der Waals surface area contributed by atoms with Gasteiger partial charge in [0, 0.05) is 34.4 Å². The molecule has 0 atom stereocenters. The van der Waals surface area contributed by atoms with Crippen molar-refractivity contribution in [3.05, 3.63) is 36.5 Å². The summed E-state index contributed by atoms with van der Waals surface area (Å²) >= 11 is 0. The van der Waals surface area contributed by atoms with E-state index in [0.717, 1.165) is 10.8 Å². The molecule has 0 saturated heterocycles. The second-order valence-electron chi connectivity index (χ2n) is 4.04. The van der Waals surface area contributed by atoms with Crippen molar-refractivity contribution in [1.82, 2.24) is 4.98 Å². The lowest BCUT2D eigenvalue weighted by Gasteiger charge is -2.07. The number of phenols is 1. The van der Waals surface area contributed by atoms with E-state index in [-0.39, 0.29) is 5.75 Å². The Labute approximate surface area is 97.5 Å². The first kappa shape index (κ1) is 9.72. The van der Waals surface area contributed by atoms with E-state index in [1.54, 1.807) is 18.3 Å². The zero-order valence-corrected chi connectivity index (χ0v) is 9.01. The van der Waals surface area contributed by atoms with Gasteiger partial charge in [0.2, 0.25) is 0 Å². The third kappa shape index (κ3) is 1.42. The molecule has 0 spiro atoms. The van der Waals surface area contributed by atoms with Crippen molar-refractivity contribution in [2.45, 2.75) is 0 Å². The highest BCUT2D eigenvalue weighted by atomic mass is 16.3. The van der Waals surface area contributed by atoms with Crippen LogP contribution in [0.3, 0.4) is 0 Å². The number of fused-ring (bicyclic) bond motifs is 3. The van der Waals surface area contributed by atoms with E-state index in [4.69, 9.17) is 11.5 Å². The number of hydrogen-bond donors (Lipinski definition) is 3. The van der Waals surface area contributed by atoms with E-state index in [1.807, 2.05) is 12.1 Å². The van der Waals surface area contributed by atoms with Gasteiger partial charge < -0.3 is 16.6 Å². The first-order valence-electron chi connectivity index (χ1n) is 5.21. The Morgan fingerprint density at radius 1 is 1.00 bits per heavy atom. The molecule has 1 aromatic heterocycles. The van der Waals surface area contributed by atoms with Gasteiger partial charge in [-0.25, -0.2) is 0 Å². The summed E-state index contributed by atoms with van der Waals surface area (Å²) < 4.78 is 0. The van der Waals surface area contributed by atoms with Gasteiger partial charge in [0.1, 0.15) is 5.75 Å². The van der Waals surface area contributed by atoms with E-state index in [9.17, 15) is 5.11 Å². The minimum atomic E-state index is 0.142. The monoisotopic (exact) mass is 225 g/mol. The molecule has 0 amide bonds. The molecule has 84 valence electrons. The van der Waals surface area contributed by atoms with Crippen LogP contribution in [0.4, 0.5) is 11.4 Å². The van der Waals surface area contributed by atoms with Crippen LogP contribution in [0.2, 0.25) is 0 Å². The van der Waals surface area contributed by atoms with Gasteiger partial charge in [-0.2, -0.15) is 0 Å². The molecule has 0 radical (unpaired) electrons. The fraction of sp³-hybridized carbons (Fsp3) is 0. The molecule has 2 aromatic carbocycles. The maximum atomic E-state index is 9.97. The van der Waals surface area contributed by atoms with Gasteiger partial charge in [-0.15, -0.1) is 0 Å². The summed E-state index contributed by atoms with van der Waals surface area (Å²) in [4.78, 5) is 4.28. The lowest BCUT2D eigenvalue weighted by atomic mass is 10.0. The van der Waals surface area contributed by atoms with Crippen LogP contribution in [0.25, 0.3) is 21.7 Å². The molecule has 5 N–H and O–H groups in total. The minimum absolute atomic E-state index is 0.142. The molecule has 4 heteroatoms. The Balaban J connectivity index is 2.55. The molecule has 0 fully saturated rings. The second kappa shape index (κ2) is 3.25. The molecule has 3 aromatic rings. The number of aromatic nitrogens is 1. The fourth-order valence-electron chi connectivity index (χ4n) is 2.07. The summed E-state index contributed by atoms with van der Waals surface area (Å²) in [5, 5.41) is 12.5. The predicted octanol–water partition coefficient (Wildman–Crippen LogP) is 2.26. The highest BCUT2D eigenvalue weighted by Crippen LogP contribution is 2.33. The first-order chi connectivity index (χ1) is 8.15. The molecule has 4 nitrogen and oxygen atoms in total. The van der Waals surface area contributed by atoms with Crippen LogP contribution < -0.4 is 11.5 Å². The van der Waals surface area contributed by atoms with Crippen molar-refractivity contribution >= 4 is 33.1 Å². The summed E-state index contributed by atoms with van der Waals surface area (Å²) in [7, 11) is 0. The number of phenolic OH excluding ortho intramolecular Hbond substituents is 1. The molecular weight excluding hydrogens is 214 g/mol. The van der Waals surface area contributed by atoms with Crippen molar-refractivity contribution < 1.29 is 5.11 Å². The van der Waals surface area contributed by atoms with Gasteiger partial charge in [-0.3, -0.25) is 4.98 Å². The third-order valence-corrected chi connectivity index (χ3v) is 2.81. The molecule has 3 rings (SSSR count). The molecule has 0 bridgehead atoms. The fourth-order valence-corrected chi connectivity index (χ4v) is 2.07. The van der Waals surface area contributed by atoms with E-state index in [0.29, 0.717) is 22.3 Å². The molecule has 0 saturated carbocycles. The van der Waals surface area contributed by atoms with Crippen molar-refractivity contribution in [3.8, 4) is 5.75 Å². The maximum Gasteiger partial charge on any atom is 0.127 e. The Hall–Kier alpha value is -2.49. The van der Waals surface area contributed by atoms with E-state index >= 15 is 0 Å². The summed E-state index contributed by atoms with van der Waals surface area (Å²) in [6, 6.07) is 8.78. The summed E-state index contributed by atoms with van der Waals surface area (Å²) in [5.74, 6) is 0.142. The normalized spacial score (nSPS) is 11.1. The van der Waals surface area contributed by atoms with Gasteiger partial charge in [0.25, 0.3) is 0 Å². The van der Waals surface area contributed by atoms with Crippen molar-refractivity contribution in [2.24, 2.45) is 0 Å².